The number of rotatable bonds is 7. The van der Waals surface area contributed by atoms with Gasteiger partial charge < -0.3 is 15.3 Å². The molecule has 1 unspecified atom stereocenters. The van der Waals surface area contributed by atoms with E-state index in [2.05, 4.69) is 12.2 Å². The van der Waals surface area contributed by atoms with Crippen LogP contribution in [0.4, 0.5) is 13.2 Å². The summed E-state index contributed by atoms with van der Waals surface area (Å²) in [6.45, 7) is 4.76. The number of aliphatic hydroxyl groups excluding tert-OH is 1. The highest BCUT2D eigenvalue weighted by molar-refractivity contribution is 4.78. The van der Waals surface area contributed by atoms with Crippen molar-refractivity contribution in [3.05, 3.63) is 0 Å². The van der Waals surface area contributed by atoms with Crippen molar-refractivity contribution in [2.24, 2.45) is 5.92 Å². The van der Waals surface area contributed by atoms with E-state index in [1.165, 1.54) is 0 Å². The highest BCUT2D eigenvalue weighted by Crippen LogP contribution is 2.21. The molecule has 114 valence electrons. The second kappa shape index (κ2) is 8.07. The molecule has 0 spiro atoms. The van der Waals surface area contributed by atoms with Crippen LogP contribution >= 0.6 is 0 Å². The zero-order valence-electron chi connectivity index (χ0n) is 11.5. The molecule has 1 saturated heterocycles. The quantitative estimate of drug-likeness (QED) is 0.750. The van der Waals surface area contributed by atoms with Gasteiger partial charge in [-0.15, -0.1) is 0 Å². The monoisotopic (exact) mass is 282 g/mol. The average molecular weight is 282 g/mol. The van der Waals surface area contributed by atoms with Gasteiger partial charge >= 0.3 is 6.18 Å². The van der Waals surface area contributed by atoms with Crippen LogP contribution in [0.25, 0.3) is 0 Å². The molecule has 1 heterocycles. The first kappa shape index (κ1) is 16.7. The molecule has 0 amide bonds. The molecule has 2 N–H and O–H groups in total. The van der Waals surface area contributed by atoms with E-state index in [4.69, 9.17) is 5.11 Å². The third kappa shape index (κ3) is 7.74. The van der Waals surface area contributed by atoms with Gasteiger partial charge in [-0.25, -0.2) is 0 Å². The zero-order valence-corrected chi connectivity index (χ0v) is 11.5. The first-order valence-corrected chi connectivity index (χ1v) is 7.04. The van der Waals surface area contributed by atoms with Crippen LogP contribution in [0.15, 0.2) is 0 Å². The fraction of sp³-hybridized carbons (Fsp3) is 1.00. The molecule has 0 aromatic rings. The number of aliphatic hydroxyl groups is 1. The summed E-state index contributed by atoms with van der Waals surface area (Å²) in [5, 5.41) is 12.2. The number of nitrogens with one attached hydrogen (secondary N) is 1. The summed E-state index contributed by atoms with van der Waals surface area (Å²) in [5.41, 5.74) is 0. The third-order valence-corrected chi connectivity index (χ3v) is 3.68. The molecular formula is C13H25F3N2O. The van der Waals surface area contributed by atoms with Crippen molar-refractivity contribution >= 4 is 0 Å². The lowest BCUT2D eigenvalue weighted by atomic mass is 10.0. The molecule has 1 aliphatic heterocycles. The van der Waals surface area contributed by atoms with Crippen LogP contribution in [0, 0.1) is 5.92 Å². The summed E-state index contributed by atoms with van der Waals surface area (Å²) in [7, 11) is 0. The van der Waals surface area contributed by atoms with Crippen molar-refractivity contribution in [3.8, 4) is 0 Å². The van der Waals surface area contributed by atoms with E-state index < -0.39 is 12.6 Å². The molecule has 0 saturated carbocycles. The van der Waals surface area contributed by atoms with E-state index in [-0.39, 0.29) is 13.2 Å². The highest BCUT2D eigenvalue weighted by Gasteiger charge is 2.29. The van der Waals surface area contributed by atoms with Gasteiger partial charge in [0.05, 0.1) is 6.42 Å². The van der Waals surface area contributed by atoms with Gasteiger partial charge in [-0.3, -0.25) is 0 Å². The van der Waals surface area contributed by atoms with Crippen molar-refractivity contribution in [1.82, 2.24) is 10.2 Å². The summed E-state index contributed by atoms with van der Waals surface area (Å²) in [5.74, 6) is 0.438. The van der Waals surface area contributed by atoms with E-state index in [0.717, 1.165) is 38.9 Å². The smallest absolute Gasteiger partial charge is 0.390 e. The van der Waals surface area contributed by atoms with Gasteiger partial charge in [0, 0.05) is 19.2 Å². The Morgan fingerprint density at radius 2 is 1.95 bits per heavy atom. The topological polar surface area (TPSA) is 35.5 Å². The van der Waals surface area contributed by atoms with Crippen LogP contribution in [0.5, 0.6) is 0 Å². The standard InChI is InChI=1S/C13H25F3N2O/c1-11(4-9-19)10-17-12-2-6-18(7-3-12)8-5-13(14,15)16/h11-12,17,19H,2-10H2,1H3. The number of alkyl halides is 3. The number of likely N-dealkylation sites (tertiary alicyclic amines) is 1. The van der Waals surface area contributed by atoms with Gasteiger partial charge in [-0.2, -0.15) is 13.2 Å². The van der Waals surface area contributed by atoms with Gasteiger partial charge in [-0.05, 0) is 44.8 Å². The van der Waals surface area contributed by atoms with E-state index >= 15 is 0 Å². The summed E-state index contributed by atoms with van der Waals surface area (Å²) >= 11 is 0. The van der Waals surface area contributed by atoms with Gasteiger partial charge in [-0.1, -0.05) is 6.92 Å². The Balaban J connectivity index is 2.11. The Bertz CT molecular complexity index is 241. The number of hydrogen-bond acceptors (Lipinski definition) is 3. The van der Waals surface area contributed by atoms with Crippen LogP contribution in [-0.2, 0) is 0 Å². The Hall–Kier alpha value is -0.330. The Morgan fingerprint density at radius 3 is 2.47 bits per heavy atom. The molecule has 1 fully saturated rings. The third-order valence-electron chi connectivity index (χ3n) is 3.68. The lowest BCUT2D eigenvalue weighted by Gasteiger charge is -2.33. The molecule has 6 heteroatoms. The van der Waals surface area contributed by atoms with E-state index in [0.29, 0.717) is 12.0 Å². The van der Waals surface area contributed by atoms with Gasteiger partial charge in [0.15, 0.2) is 0 Å². The number of hydrogen-bond donors (Lipinski definition) is 2. The SMILES string of the molecule is CC(CCO)CNC1CCN(CCC(F)(F)F)CC1. The second-order valence-corrected chi connectivity index (χ2v) is 5.51. The minimum atomic E-state index is -4.05. The molecule has 0 aliphatic carbocycles. The van der Waals surface area contributed by atoms with Gasteiger partial charge in [0.25, 0.3) is 0 Å². The lowest BCUT2D eigenvalue weighted by Crippen LogP contribution is -2.44. The molecular weight excluding hydrogens is 257 g/mol. The molecule has 0 aromatic heterocycles. The fourth-order valence-corrected chi connectivity index (χ4v) is 2.34. The number of nitrogens with zero attached hydrogens (tertiary/aromatic N) is 1. The summed E-state index contributed by atoms with van der Waals surface area (Å²) in [4.78, 5) is 1.89. The summed E-state index contributed by atoms with van der Waals surface area (Å²) in [6, 6.07) is 0.406. The highest BCUT2D eigenvalue weighted by atomic mass is 19.4. The minimum Gasteiger partial charge on any atom is -0.396 e. The van der Waals surface area contributed by atoms with Crippen LogP contribution in [0.1, 0.15) is 32.6 Å². The molecule has 3 nitrogen and oxygen atoms in total. The lowest BCUT2D eigenvalue weighted by molar-refractivity contribution is -0.138. The zero-order chi connectivity index (χ0) is 14.3. The largest absolute Gasteiger partial charge is 0.396 e. The molecule has 0 aromatic carbocycles. The maximum Gasteiger partial charge on any atom is 0.390 e. The first-order chi connectivity index (χ1) is 8.90. The van der Waals surface area contributed by atoms with E-state index in [1.54, 1.807) is 0 Å². The van der Waals surface area contributed by atoms with E-state index in [9.17, 15) is 13.2 Å². The van der Waals surface area contributed by atoms with Crippen molar-refractivity contribution in [1.29, 1.82) is 0 Å². The normalized spacial score (nSPS) is 20.7. The van der Waals surface area contributed by atoms with Gasteiger partial charge in [0.1, 0.15) is 0 Å². The molecule has 19 heavy (non-hydrogen) atoms. The van der Waals surface area contributed by atoms with Crippen LogP contribution in [0.2, 0.25) is 0 Å². The maximum atomic E-state index is 12.1. The average Bonchev–Trinajstić information content (AvgIpc) is 2.34. The van der Waals surface area contributed by atoms with Gasteiger partial charge in [0.2, 0.25) is 0 Å². The molecule has 1 aliphatic rings. The van der Waals surface area contributed by atoms with Crippen molar-refractivity contribution in [2.45, 2.75) is 44.8 Å². The minimum absolute atomic E-state index is 0.122. The summed E-state index contributed by atoms with van der Waals surface area (Å²) in [6.07, 6.45) is -2.15. The Kier molecular flexibility index (Phi) is 7.10. The molecule has 0 bridgehead atoms. The Labute approximate surface area is 113 Å². The predicted molar refractivity (Wildman–Crippen MR) is 69.0 cm³/mol. The van der Waals surface area contributed by atoms with Crippen LogP contribution < -0.4 is 5.32 Å². The first-order valence-electron chi connectivity index (χ1n) is 7.04. The summed E-state index contributed by atoms with van der Waals surface area (Å²) < 4.78 is 36.3. The van der Waals surface area contributed by atoms with E-state index in [1.807, 2.05) is 4.90 Å². The van der Waals surface area contributed by atoms with Crippen molar-refractivity contribution in [3.63, 3.8) is 0 Å². The molecule has 0 radical (unpaired) electrons. The van der Waals surface area contributed by atoms with Crippen molar-refractivity contribution < 1.29 is 18.3 Å². The second-order valence-electron chi connectivity index (χ2n) is 5.51. The number of halogens is 3. The van der Waals surface area contributed by atoms with Crippen LogP contribution in [-0.4, -0.2) is 55.0 Å². The molecule has 1 atom stereocenters. The maximum absolute atomic E-state index is 12.1. The fourth-order valence-electron chi connectivity index (χ4n) is 2.34. The van der Waals surface area contributed by atoms with Crippen LogP contribution in [0.3, 0.4) is 0 Å². The predicted octanol–water partition coefficient (Wildman–Crippen LogP) is 2.01. The Morgan fingerprint density at radius 1 is 1.32 bits per heavy atom. The molecule has 1 rings (SSSR count). The van der Waals surface area contributed by atoms with Crippen molar-refractivity contribution in [2.75, 3.05) is 32.8 Å². The number of piperidine rings is 1.